The number of nitrogens with zero attached hydrogens (tertiary/aromatic N) is 4. The maximum atomic E-state index is 12.6. The number of carbonyl (C=O) groups is 2. The number of nitro groups is 1. The second-order valence-corrected chi connectivity index (χ2v) is 7.13. The number of nitro benzene ring substituents is 1. The van der Waals surface area contributed by atoms with Gasteiger partial charge in [-0.2, -0.15) is 5.10 Å². The minimum absolute atomic E-state index is 0.0590. The summed E-state index contributed by atoms with van der Waals surface area (Å²) in [4.78, 5) is 35.4. The van der Waals surface area contributed by atoms with E-state index < -0.39 is 16.1 Å². The normalized spacial score (nSPS) is 23.6. The van der Waals surface area contributed by atoms with Gasteiger partial charge in [-0.3, -0.25) is 24.6 Å². The molecule has 3 rings (SSSR count). The molecule has 1 aromatic carbocycles. The van der Waals surface area contributed by atoms with Crippen molar-refractivity contribution in [3.8, 4) is 0 Å². The van der Waals surface area contributed by atoms with E-state index >= 15 is 0 Å². The molecule has 1 heterocycles. The van der Waals surface area contributed by atoms with Crippen LogP contribution < -0.4 is 0 Å². The van der Waals surface area contributed by atoms with Crippen molar-refractivity contribution in [3.63, 3.8) is 0 Å². The van der Waals surface area contributed by atoms with Gasteiger partial charge in [0.15, 0.2) is 5.17 Å². The zero-order valence-electron chi connectivity index (χ0n) is 14.1. The third-order valence-corrected chi connectivity index (χ3v) is 5.22. The molecule has 1 aliphatic carbocycles. The van der Waals surface area contributed by atoms with Crippen molar-refractivity contribution in [2.45, 2.75) is 30.6 Å². The van der Waals surface area contributed by atoms with Crippen LogP contribution in [-0.2, 0) is 9.59 Å². The minimum atomic E-state index is -1.05. The number of carbonyl (C=O) groups excluding carboxylic acids is 1. The number of aliphatic carboxylic acids is 1. The first-order chi connectivity index (χ1) is 13.0. The molecule has 140 valence electrons. The highest BCUT2D eigenvalue weighted by molar-refractivity contribution is 8.15. The van der Waals surface area contributed by atoms with Crippen molar-refractivity contribution in [2.75, 3.05) is 0 Å². The molecular weight excluding hydrogens is 372 g/mol. The SMILES string of the molecule is O=C(O)C[C@@H]1S/C(=N/N=C\c2cccc([N+](=O)[O-])c2)N([C@H]2C=CCC2)C1=O. The fraction of sp³-hybridized carbons (Fsp3) is 0.294. The molecule has 10 heteroatoms. The number of non-ortho nitro benzene ring substituents is 1. The predicted octanol–water partition coefficient (Wildman–Crippen LogP) is 2.42. The number of carboxylic acid groups (broad SMARTS) is 1. The van der Waals surface area contributed by atoms with Gasteiger partial charge < -0.3 is 5.11 Å². The molecule has 0 radical (unpaired) electrons. The van der Waals surface area contributed by atoms with Crippen molar-refractivity contribution in [1.29, 1.82) is 0 Å². The van der Waals surface area contributed by atoms with E-state index in [1.165, 1.54) is 23.2 Å². The van der Waals surface area contributed by atoms with Crippen LogP contribution in [0.25, 0.3) is 0 Å². The Labute approximate surface area is 158 Å². The van der Waals surface area contributed by atoms with Crippen molar-refractivity contribution >= 4 is 40.7 Å². The Hall–Kier alpha value is -3.01. The molecule has 1 fully saturated rings. The predicted molar refractivity (Wildman–Crippen MR) is 101 cm³/mol. The third kappa shape index (κ3) is 4.40. The van der Waals surface area contributed by atoms with Gasteiger partial charge in [0.1, 0.15) is 5.25 Å². The molecular formula is C17H16N4O5S. The average Bonchev–Trinajstić information content (AvgIpc) is 3.24. The lowest BCUT2D eigenvalue weighted by Crippen LogP contribution is -2.39. The van der Waals surface area contributed by atoms with Crippen LogP contribution in [-0.4, -0.2) is 49.5 Å². The van der Waals surface area contributed by atoms with E-state index in [1.807, 2.05) is 12.2 Å². The molecule has 1 saturated heterocycles. The quantitative estimate of drug-likeness (QED) is 0.345. The second-order valence-electron chi connectivity index (χ2n) is 5.96. The van der Waals surface area contributed by atoms with E-state index in [0.717, 1.165) is 24.6 Å². The zero-order valence-corrected chi connectivity index (χ0v) is 14.9. The highest BCUT2D eigenvalue weighted by atomic mass is 32.2. The first-order valence-electron chi connectivity index (χ1n) is 8.19. The molecule has 2 atom stereocenters. The van der Waals surface area contributed by atoms with E-state index in [2.05, 4.69) is 10.2 Å². The number of hydrogen-bond donors (Lipinski definition) is 1. The van der Waals surface area contributed by atoms with Gasteiger partial charge in [0.05, 0.1) is 23.6 Å². The standard InChI is InChI=1S/C17H16N4O5S/c22-15(23)9-14-16(24)20(12-5-1-2-6-12)17(27-14)19-18-10-11-4-3-7-13(8-11)21(25)26/h1,3-5,7-8,10,12,14H,2,6,9H2,(H,22,23)/b18-10-,19-17+/t12-,14-/m0/s1. The van der Waals surface area contributed by atoms with Gasteiger partial charge in [-0.25, -0.2) is 0 Å². The molecule has 0 aromatic heterocycles. The highest BCUT2D eigenvalue weighted by Gasteiger charge is 2.42. The molecule has 9 nitrogen and oxygen atoms in total. The van der Waals surface area contributed by atoms with E-state index in [9.17, 15) is 19.7 Å². The fourth-order valence-corrected chi connectivity index (χ4v) is 3.97. The summed E-state index contributed by atoms with van der Waals surface area (Å²) < 4.78 is 0. The van der Waals surface area contributed by atoms with Gasteiger partial charge in [-0.1, -0.05) is 36.0 Å². The van der Waals surface area contributed by atoms with Crippen molar-refractivity contribution < 1.29 is 19.6 Å². The number of hydrogen-bond acceptors (Lipinski definition) is 7. The smallest absolute Gasteiger partial charge is 0.305 e. The average molecular weight is 388 g/mol. The summed E-state index contributed by atoms with van der Waals surface area (Å²) in [5.74, 6) is -1.34. The minimum Gasteiger partial charge on any atom is -0.481 e. The Morgan fingerprint density at radius 2 is 2.30 bits per heavy atom. The van der Waals surface area contributed by atoms with Crippen molar-refractivity contribution in [3.05, 3.63) is 52.1 Å². The van der Waals surface area contributed by atoms with Gasteiger partial charge in [0.25, 0.3) is 5.69 Å². The molecule has 1 amide bonds. The van der Waals surface area contributed by atoms with Crippen molar-refractivity contribution in [2.24, 2.45) is 10.2 Å². The van der Waals surface area contributed by atoms with Crippen LogP contribution in [0, 0.1) is 10.1 Å². The fourth-order valence-electron chi connectivity index (χ4n) is 2.84. The lowest BCUT2D eigenvalue weighted by Gasteiger charge is -2.21. The largest absolute Gasteiger partial charge is 0.481 e. The summed E-state index contributed by atoms with van der Waals surface area (Å²) in [6, 6.07) is 5.77. The Morgan fingerprint density at radius 1 is 1.48 bits per heavy atom. The van der Waals surface area contributed by atoms with Crippen LogP contribution in [0.3, 0.4) is 0 Å². The number of benzene rings is 1. The van der Waals surface area contributed by atoms with Crippen LogP contribution in [0.15, 0.2) is 46.6 Å². The monoisotopic (exact) mass is 388 g/mol. The van der Waals surface area contributed by atoms with Crippen LogP contribution in [0.4, 0.5) is 5.69 Å². The number of allylic oxidation sites excluding steroid dienone is 1. The maximum absolute atomic E-state index is 12.6. The van der Waals surface area contributed by atoms with Gasteiger partial charge in [-0.05, 0) is 12.8 Å². The molecule has 1 N–H and O–H groups in total. The number of thioether (sulfide) groups is 1. The molecule has 0 spiro atoms. The molecule has 27 heavy (non-hydrogen) atoms. The van der Waals surface area contributed by atoms with Crippen LogP contribution in [0.5, 0.6) is 0 Å². The summed E-state index contributed by atoms with van der Waals surface area (Å²) >= 11 is 1.07. The first-order valence-corrected chi connectivity index (χ1v) is 9.07. The Balaban J connectivity index is 1.82. The van der Waals surface area contributed by atoms with Gasteiger partial charge in [0, 0.05) is 17.7 Å². The topological polar surface area (TPSA) is 125 Å². The van der Waals surface area contributed by atoms with E-state index in [-0.39, 0.29) is 24.1 Å². The highest BCUT2D eigenvalue weighted by Crippen LogP contribution is 2.34. The summed E-state index contributed by atoms with van der Waals surface area (Å²) in [6.07, 6.45) is 6.54. The van der Waals surface area contributed by atoms with E-state index in [1.54, 1.807) is 12.1 Å². The summed E-state index contributed by atoms with van der Waals surface area (Å²) in [6.45, 7) is 0. The third-order valence-electron chi connectivity index (χ3n) is 4.08. The lowest BCUT2D eigenvalue weighted by molar-refractivity contribution is -0.384. The summed E-state index contributed by atoms with van der Waals surface area (Å²) in [7, 11) is 0. The molecule has 1 aliphatic heterocycles. The lowest BCUT2D eigenvalue weighted by atomic mass is 10.2. The molecule has 2 aliphatic rings. The summed E-state index contributed by atoms with van der Waals surface area (Å²) in [5.41, 5.74) is 0.438. The van der Waals surface area contributed by atoms with Crippen LogP contribution >= 0.6 is 11.8 Å². The van der Waals surface area contributed by atoms with Gasteiger partial charge >= 0.3 is 5.97 Å². The first kappa shape index (κ1) is 18.8. The second kappa shape index (κ2) is 8.12. The Kier molecular flexibility index (Phi) is 5.65. The number of rotatable bonds is 6. The van der Waals surface area contributed by atoms with E-state index in [4.69, 9.17) is 5.11 Å². The van der Waals surface area contributed by atoms with Crippen LogP contribution in [0.2, 0.25) is 0 Å². The zero-order chi connectivity index (χ0) is 19.4. The molecule has 0 unspecified atom stereocenters. The van der Waals surface area contributed by atoms with Gasteiger partial charge in [-0.15, -0.1) is 5.10 Å². The molecule has 0 saturated carbocycles. The Bertz CT molecular complexity index is 867. The number of amides is 1. The number of amidine groups is 1. The maximum Gasteiger partial charge on any atom is 0.305 e. The van der Waals surface area contributed by atoms with E-state index in [0.29, 0.717) is 10.7 Å². The summed E-state index contributed by atoms with van der Waals surface area (Å²) in [5, 5.41) is 27.5. The van der Waals surface area contributed by atoms with Gasteiger partial charge in [0.2, 0.25) is 5.91 Å². The Morgan fingerprint density at radius 3 is 2.96 bits per heavy atom. The molecule has 1 aromatic rings. The molecule has 0 bridgehead atoms. The van der Waals surface area contributed by atoms with Crippen molar-refractivity contribution in [1.82, 2.24) is 4.90 Å². The number of carboxylic acids is 1. The van der Waals surface area contributed by atoms with Crippen LogP contribution in [0.1, 0.15) is 24.8 Å².